The Morgan fingerprint density at radius 3 is 2.52 bits per heavy atom. The fourth-order valence-corrected chi connectivity index (χ4v) is 2.92. The van der Waals surface area contributed by atoms with Gasteiger partial charge in [0.25, 0.3) is 0 Å². The largest absolute Gasteiger partial charge is 0.494 e. The van der Waals surface area contributed by atoms with E-state index < -0.39 is 0 Å². The number of aryl methyl sites for hydroxylation is 2. The predicted octanol–water partition coefficient (Wildman–Crippen LogP) is 2.45. The van der Waals surface area contributed by atoms with Crippen molar-refractivity contribution in [3.8, 4) is 5.75 Å². The monoisotopic (exact) mass is 306 g/mol. The van der Waals surface area contributed by atoms with Gasteiger partial charge in [0.05, 0.1) is 13.2 Å². The first-order valence-electron chi connectivity index (χ1n) is 7.02. The van der Waals surface area contributed by atoms with E-state index in [9.17, 15) is 0 Å². The van der Waals surface area contributed by atoms with E-state index in [1.54, 1.807) is 11.8 Å². The Bertz CT molecular complexity index is 577. The molecule has 0 bridgehead atoms. The van der Waals surface area contributed by atoms with Crippen molar-refractivity contribution in [2.24, 2.45) is 12.8 Å². The normalized spacial score (nSPS) is 10.9. The van der Waals surface area contributed by atoms with Crippen molar-refractivity contribution in [3.63, 3.8) is 0 Å². The Labute approximate surface area is 129 Å². The summed E-state index contributed by atoms with van der Waals surface area (Å²) in [7, 11) is 1.94. The average molecular weight is 306 g/mol. The maximum atomic E-state index is 5.79. The summed E-state index contributed by atoms with van der Waals surface area (Å²) in [5, 5.41) is 9.06. The van der Waals surface area contributed by atoms with E-state index >= 15 is 0 Å². The topological polar surface area (TPSA) is 66.0 Å². The Kier molecular flexibility index (Phi) is 5.64. The van der Waals surface area contributed by atoms with Crippen LogP contribution in [0.1, 0.15) is 23.4 Å². The molecule has 0 amide bonds. The smallest absolute Gasteiger partial charge is 0.190 e. The van der Waals surface area contributed by atoms with Crippen molar-refractivity contribution in [3.05, 3.63) is 35.2 Å². The second-order valence-electron chi connectivity index (χ2n) is 5.04. The maximum Gasteiger partial charge on any atom is 0.190 e. The van der Waals surface area contributed by atoms with E-state index in [1.807, 2.05) is 11.6 Å². The molecule has 0 aliphatic carbocycles. The third-order valence-corrected chi connectivity index (χ3v) is 4.20. The fourth-order valence-electron chi connectivity index (χ4n) is 2.08. The minimum absolute atomic E-state index is 0.417. The molecule has 0 saturated carbocycles. The van der Waals surface area contributed by atoms with E-state index in [-0.39, 0.29) is 0 Å². The molecule has 0 unspecified atom stereocenters. The highest BCUT2D eigenvalue weighted by Crippen LogP contribution is 2.18. The molecular weight excluding hydrogens is 284 g/mol. The van der Waals surface area contributed by atoms with Gasteiger partial charge in [-0.05, 0) is 43.5 Å². The maximum absolute atomic E-state index is 5.79. The third-order valence-electron chi connectivity index (χ3n) is 3.09. The molecule has 2 aromatic rings. The van der Waals surface area contributed by atoms with Gasteiger partial charge in [0.1, 0.15) is 11.6 Å². The summed E-state index contributed by atoms with van der Waals surface area (Å²) < 4.78 is 7.73. The predicted molar refractivity (Wildman–Crippen MR) is 85.6 cm³/mol. The number of hydrogen-bond acceptors (Lipinski definition) is 5. The minimum Gasteiger partial charge on any atom is -0.494 e. The molecule has 0 radical (unpaired) electrons. The first-order valence-corrected chi connectivity index (χ1v) is 8.01. The average Bonchev–Trinajstić information content (AvgIpc) is 2.78. The zero-order valence-corrected chi connectivity index (χ0v) is 13.6. The van der Waals surface area contributed by atoms with Gasteiger partial charge in [-0.1, -0.05) is 17.8 Å². The van der Waals surface area contributed by atoms with Crippen molar-refractivity contribution in [1.29, 1.82) is 0 Å². The van der Waals surface area contributed by atoms with Crippen molar-refractivity contribution in [2.45, 2.75) is 32.0 Å². The van der Waals surface area contributed by atoms with Crippen molar-refractivity contribution in [2.75, 3.05) is 12.4 Å². The summed E-state index contributed by atoms with van der Waals surface area (Å²) >= 11 is 1.68. The summed E-state index contributed by atoms with van der Waals surface area (Å²) in [5.74, 6) is 2.70. The number of nitrogens with two attached hydrogens (primary N) is 1. The summed E-state index contributed by atoms with van der Waals surface area (Å²) in [6, 6.07) is 6.28. The van der Waals surface area contributed by atoms with Crippen LogP contribution in [0.25, 0.3) is 0 Å². The molecule has 0 saturated heterocycles. The molecule has 1 aromatic carbocycles. The number of thioether (sulfide) groups is 1. The van der Waals surface area contributed by atoms with Gasteiger partial charge in [0, 0.05) is 12.8 Å². The molecule has 0 aliphatic heterocycles. The van der Waals surface area contributed by atoms with Crippen LogP contribution in [0.4, 0.5) is 0 Å². The summed E-state index contributed by atoms with van der Waals surface area (Å²) in [6.07, 6.45) is 0.961. The van der Waals surface area contributed by atoms with Gasteiger partial charge in [-0.2, -0.15) is 0 Å². The summed E-state index contributed by atoms with van der Waals surface area (Å²) in [6.45, 7) is 5.29. The zero-order valence-electron chi connectivity index (χ0n) is 12.8. The van der Waals surface area contributed by atoms with E-state index in [0.717, 1.165) is 28.9 Å². The fraction of sp³-hybridized carbons (Fsp3) is 0.467. The Hall–Kier alpha value is -1.53. The molecule has 0 fully saturated rings. The molecule has 21 heavy (non-hydrogen) atoms. The highest BCUT2D eigenvalue weighted by atomic mass is 32.2. The van der Waals surface area contributed by atoms with Crippen LogP contribution in [-0.2, 0) is 13.6 Å². The van der Waals surface area contributed by atoms with E-state index in [1.165, 1.54) is 11.1 Å². The molecule has 5 nitrogen and oxygen atoms in total. The van der Waals surface area contributed by atoms with Gasteiger partial charge in [0.2, 0.25) is 0 Å². The van der Waals surface area contributed by atoms with E-state index in [0.29, 0.717) is 13.2 Å². The van der Waals surface area contributed by atoms with Gasteiger partial charge >= 0.3 is 0 Å². The zero-order chi connectivity index (χ0) is 15.2. The van der Waals surface area contributed by atoms with Gasteiger partial charge in [-0.25, -0.2) is 0 Å². The second-order valence-corrected chi connectivity index (χ2v) is 6.10. The number of benzene rings is 1. The van der Waals surface area contributed by atoms with Crippen molar-refractivity contribution >= 4 is 11.8 Å². The SMILES string of the molecule is Cc1cc(C)cc(OCCCSc2nnc(CN)n2C)c1. The quantitative estimate of drug-likeness (QED) is 0.629. The molecule has 0 atom stereocenters. The molecule has 0 aliphatic rings. The van der Waals surface area contributed by atoms with Crippen LogP contribution >= 0.6 is 11.8 Å². The molecule has 1 heterocycles. The van der Waals surface area contributed by atoms with E-state index in [4.69, 9.17) is 10.5 Å². The van der Waals surface area contributed by atoms with Crippen LogP contribution in [0.2, 0.25) is 0 Å². The Morgan fingerprint density at radius 2 is 1.90 bits per heavy atom. The summed E-state index contributed by atoms with van der Waals surface area (Å²) in [4.78, 5) is 0. The molecule has 2 rings (SSSR count). The number of hydrogen-bond donors (Lipinski definition) is 1. The second kappa shape index (κ2) is 7.47. The summed E-state index contributed by atoms with van der Waals surface area (Å²) in [5.41, 5.74) is 8.04. The lowest BCUT2D eigenvalue weighted by Crippen LogP contribution is -2.05. The lowest BCUT2D eigenvalue weighted by atomic mass is 10.1. The van der Waals surface area contributed by atoms with Crippen molar-refractivity contribution < 1.29 is 4.74 Å². The van der Waals surface area contributed by atoms with Crippen LogP contribution < -0.4 is 10.5 Å². The number of rotatable bonds is 7. The number of ether oxygens (including phenoxy) is 1. The standard InChI is InChI=1S/C15H22N4OS/c1-11-7-12(2)9-13(8-11)20-5-4-6-21-15-18-17-14(10-16)19(15)3/h7-9H,4-6,10,16H2,1-3H3. The van der Waals surface area contributed by atoms with Gasteiger partial charge in [-0.15, -0.1) is 10.2 Å². The van der Waals surface area contributed by atoms with Crippen LogP contribution in [-0.4, -0.2) is 27.1 Å². The highest BCUT2D eigenvalue weighted by Gasteiger charge is 2.07. The first kappa shape index (κ1) is 15.9. The van der Waals surface area contributed by atoms with Crippen LogP contribution in [0.15, 0.2) is 23.4 Å². The minimum atomic E-state index is 0.417. The lowest BCUT2D eigenvalue weighted by Gasteiger charge is -2.08. The molecule has 0 spiro atoms. The number of nitrogens with zero attached hydrogens (tertiary/aromatic N) is 3. The van der Waals surface area contributed by atoms with E-state index in [2.05, 4.69) is 42.2 Å². The Morgan fingerprint density at radius 1 is 1.19 bits per heavy atom. The lowest BCUT2D eigenvalue weighted by molar-refractivity contribution is 0.318. The highest BCUT2D eigenvalue weighted by molar-refractivity contribution is 7.99. The van der Waals surface area contributed by atoms with Crippen LogP contribution in [0.3, 0.4) is 0 Å². The van der Waals surface area contributed by atoms with Gasteiger partial charge < -0.3 is 15.0 Å². The van der Waals surface area contributed by atoms with Gasteiger partial charge in [-0.3, -0.25) is 0 Å². The molecule has 6 heteroatoms. The van der Waals surface area contributed by atoms with Gasteiger partial charge in [0.15, 0.2) is 5.16 Å². The van der Waals surface area contributed by atoms with Crippen LogP contribution in [0, 0.1) is 13.8 Å². The van der Waals surface area contributed by atoms with Crippen LogP contribution in [0.5, 0.6) is 5.75 Å². The Balaban J connectivity index is 1.73. The molecule has 1 aromatic heterocycles. The number of aromatic nitrogens is 3. The molecule has 2 N–H and O–H groups in total. The third kappa shape index (κ3) is 4.47. The van der Waals surface area contributed by atoms with Crippen molar-refractivity contribution in [1.82, 2.24) is 14.8 Å². The molecule has 114 valence electrons. The first-order chi connectivity index (χ1) is 10.1. The molecular formula is C15H22N4OS.